The molecule has 2 aromatic rings. The molecule has 1 atom stereocenters. The van der Waals surface area contributed by atoms with E-state index in [1.165, 1.54) is 23.3 Å². The second-order valence-corrected chi connectivity index (χ2v) is 9.86. The van der Waals surface area contributed by atoms with Crippen LogP contribution in [0.3, 0.4) is 0 Å². The van der Waals surface area contributed by atoms with Gasteiger partial charge in [-0.1, -0.05) is 26.8 Å². The molecule has 0 saturated carbocycles. The molecule has 5 heteroatoms. The number of anilines is 1. The van der Waals surface area contributed by atoms with Gasteiger partial charge < -0.3 is 10.1 Å². The molecule has 1 amide bonds. The van der Waals surface area contributed by atoms with Gasteiger partial charge in [0.2, 0.25) is 0 Å². The second-order valence-electron chi connectivity index (χ2n) is 8.76. The third-order valence-electron chi connectivity index (χ3n) is 5.88. The predicted molar refractivity (Wildman–Crippen MR) is 114 cm³/mol. The highest BCUT2D eigenvalue weighted by Gasteiger charge is 2.34. The van der Waals surface area contributed by atoms with Crippen molar-refractivity contribution in [3.05, 3.63) is 50.9 Å². The molecule has 0 saturated heterocycles. The number of rotatable bonds is 3. The van der Waals surface area contributed by atoms with Crippen molar-refractivity contribution in [1.29, 1.82) is 0 Å². The van der Waals surface area contributed by atoms with Crippen LogP contribution in [0, 0.1) is 25.2 Å². The van der Waals surface area contributed by atoms with Crippen molar-refractivity contribution in [3.8, 4) is 0 Å². The summed E-state index contributed by atoms with van der Waals surface area (Å²) in [6.07, 6.45) is 2.83. The van der Waals surface area contributed by atoms with E-state index in [-0.39, 0.29) is 17.3 Å². The quantitative estimate of drug-likeness (QED) is 0.688. The fourth-order valence-electron chi connectivity index (χ4n) is 3.79. The molecule has 1 unspecified atom stereocenters. The van der Waals surface area contributed by atoms with Gasteiger partial charge in [-0.05, 0) is 73.3 Å². The summed E-state index contributed by atoms with van der Waals surface area (Å²) in [7, 11) is 1.39. The summed E-state index contributed by atoms with van der Waals surface area (Å²) in [6, 6.07) is 5.64. The summed E-state index contributed by atoms with van der Waals surface area (Å²) < 4.78 is 5.03. The molecule has 28 heavy (non-hydrogen) atoms. The number of amides is 1. The van der Waals surface area contributed by atoms with E-state index in [0.29, 0.717) is 22.0 Å². The maximum absolute atomic E-state index is 12.8. The number of hydrogen-bond acceptors (Lipinski definition) is 4. The lowest BCUT2D eigenvalue weighted by Gasteiger charge is -2.33. The molecule has 3 rings (SSSR count). The van der Waals surface area contributed by atoms with E-state index in [0.717, 1.165) is 36.0 Å². The van der Waals surface area contributed by atoms with Gasteiger partial charge in [0, 0.05) is 10.4 Å². The Hall–Kier alpha value is -2.14. The van der Waals surface area contributed by atoms with Gasteiger partial charge >= 0.3 is 5.97 Å². The topological polar surface area (TPSA) is 55.4 Å². The summed E-state index contributed by atoms with van der Waals surface area (Å²) in [5, 5.41) is 3.58. The summed E-state index contributed by atoms with van der Waals surface area (Å²) in [5.74, 6) is -0.00577. The number of benzene rings is 1. The van der Waals surface area contributed by atoms with Crippen molar-refractivity contribution < 1.29 is 14.3 Å². The molecule has 0 fully saturated rings. The maximum Gasteiger partial charge on any atom is 0.341 e. The number of esters is 1. The zero-order valence-electron chi connectivity index (χ0n) is 17.6. The minimum Gasteiger partial charge on any atom is -0.465 e. The minimum absolute atomic E-state index is 0.195. The Morgan fingerprint density at radius 1 is 1.18 bits per heavy atom. The molecule has 1 aromatic heterocycles. The van der Waals surface area contributed by atoms with E-state index >= 15 is 0 Å². The van der Waals surface area contributed by atoms with Gasteiger partial charge in [0.25, 0.3) is 5.91 Å². The van der Waals surface area contributed by atoms with Crippen LogP contribution in [0.5, 0.6) is 0 Å². The minimum atomic E-state index is -0.373. The first-order valence-corrected chi connectivity index (χ1v) is 10.5. The van der Waals surface area contributed by atoms with Crippen LogP contribution in [0.15, 0.2) is 18.2 Å². The number of aryl methyl sites for hydroxylation is 2. The molecule has 0 spiro atoms. The van der Waals surface area contributed by atoms with Gasteiger partial charge in [-0.25, -0.2) is 4.79 Å². The van der Waals surface area contributed by atoms with Crippen molar-refractivity contribution in [2.45, 2.75) is 53.9 Å². The number of fused-ring (bicyclic) bond motifs is 1. The van der Waals surface area contributed by atoms with E-state index in [9.17, 15) is 9.59 Å². The third-order valence-corrected chi connectivity index (χ3v) is 7.05. The Labute approximate surface area is 171 Å². The molecule has 1 N–H and O–H groups in total. The molecule has 1 aliphatic rings. The first-order chi connectivity index (χ1) is 13.1. The van der Waals surface area contributed by atoms with E-state index < -0.39 is 0 Å². The first-order valence-electron chi connectivity index (χ1n) is 9.73. The van der Waals surface area contributed by atoms with Crippen LogP contribution < -0.4 is 5.32 Å². The van der Waals surface area contributed by atoms with Crippen LogP contribution in [0.2, 0.25) is 0 Å². The van der Waals surface area contributed by atoms with Crippen molar-refractivity contribution in [1.82, 2.24) is 0 Å². The number of hydrogen-bond donors (Lipinski definition) is 1. The molecule has 150 valence electrons. The van der Waals surface area contributed by atoms with Gasteiger partial charge in [0.05, 0.1) is 12.7 Å². The number of carbonyl (C=O) groups excluding carboxylic acids is 2. The fraction of sp³-hybridized carbons (Fsp3) is 0.478. The van der Waals surface area contributed by atoms with Crippen molar-refractivity contribution in [2.75, 3.05) is 12.4 Å². The van der Waals surface area contributed by atoms with Crippen molar-refractivity contribution in [3.63, 3.8) is 0 Å². The van der Waals surface area contributed by atoms with Gasteiger partial charge in [0.1, 0.15) is 5.00 Å². The maximum atomic E-state index is 12.8. The van der Waals surface area contributed by atoms with E-state index in [1.54, 1.807) is 0 Å². The van der Waals surface area contributed by atoms with Crippen molar-refractivity contribution in [2.24, 2.45) is 11.3 Å². The standard InChI is InChI=1S/C23H29NO3S/c1-13-7-8-15(11-14(13)2)20(25)24-21-19(22(26)27-6)17-10-9-16(23(3,4)5)12-18(17)28-21/h7-8,11,16H,9-10,12H2,1-6H3,(H,24,25). The van der Waals surface area contributed by atoms with Gasteiger partial charge in [-0.3, -0.25) is 4.79 Å². The highest BCUT2D eigenvalue weighted by molar-refractivity contribution is 7.17. The second kappa shape index (κ2) is 7.70. The lowest BCUT2D eigenvalue weighted by molar-refractivity contribution is 0.0600. The molecule has 0 bridgehead atoms. The number of methoxy groups -OCH3 is 1. The Bertz CT molecular complexity index is 921. The van der Waals surface area contributed by atoms with Crippen LogP contribution in [-0.2, 0) is 17.6 Å². The van der Waals surface area contributed by atoms with Crippen LogP contribution in [-0.4, -0.2) is 19.0 Å². The highest BCUT2D eigenvalue weighted by Crippen LogP contribution is 2.44. The normalized spacial score (nSPS) is 16.4. The largest absolute Gasteiger partial charge is 0.465 e. The Morgan fingerprint density at radius 3 is 2.50 bits per heavy atom. The Kier molecular flexibility index (Phi) is 5.67. The fourth-order valence-corrected chi connectivity index (χ4v) is 5.10. The molecule has 4 nitrogen and oxygen atoms in total. The summed E-state index contributed by atoms with van der Waals surface area (Å²) in [5.41, 5.74) is 4.61. The predicted octanol–water partition coefficient (Wildman–Crippen LogP) is 5.55. The van der Waals surface area contributed by atoms with Crippen LogP contribution in [0.25, 0.3) is 0 Å². The van der Waals surface area contributed by atoms with E-state index in [1.807, 2.05) is 32.0 Å². The number of carbonyl (C=O) groups is 2. The summed E-state index contributed by atoms with van der Waals surface area (Å²) >= 11 is 1.52. The Morgan fingerprint density at radius 2 is 1.89 bits per heavy atom. The van der Waals surface area contributed by atoms with Crippen LogP contribution >= 0.6 is 11.3 Å². The average molecular weight is 400 g/mol. The molecule has 1 aromatic carbocycles. The van der Waals surface area contributed by atoms with Crippen molar-refractivity contribution >= 4 is 28.2 Å². The average Bonchev–Trinajstić information content (AvgIpc) is 2.99. The molecular formula is C23H29NO3S. The number of ether oxygens (including phenoxy) is 1. The van der Waals surface area contributed by atoms with Gasteiger partial charge in [-0.15, -0.1) is 11.3 Å². The first kappa shape index (κ1) is 20.6. The lowest BCUT2D eigenvalue weighted by atomic mass is 9.72. The van der Waals surface area contributed by atoms with Crippen LogP contribution in [0.1, 0.15) is 69.5 Å². The molecular weight excluding hydrogens is 370 g/mol. The smallest absolute Gasteiger partial charge is 0.341 e. The van der Waals surface area contributed by atoms with Gasteiger partial charge in [0.15, 0.2) is 0 Å². The molecule has 1 aliphatic carbocycles. The monoisotopic (exact) mass is 399 g/mol. The third kappa shape index (κ3) is 4.00. The van der Waals surface area contributed by atoms with Gasteiger partial charge in [-0.2, -0.15) is 0 Å². The number of thiophene rings is 1. The SMILES string of the molecule is COC(=O)c1c(NC(=O)c2ccc(C)c(C)c2)sc2c1CCC(C(C)(C)C)C2. The molecule has 0 aliphatic heterocycles. The van der Waals surface area contributed by atoms with Crippen LogP contribution in [0.4, 0.5) is 5.00 Å². The Balaban J connectivity index is 1.94. The summed E-state index contributed by atoms with van der Waals surface area (Å²) in [4.78, 5) is 26.5. The zero-order chi connectivity index (χ0) is 20.6. The summed E-state index contributed by atoms with van der Waals surface area (Å²) in [6.45, 7) is 10.8. The van der Waals surface area contributed by atoms with E-state index in [2.05, 4.69) is 26.1 Å². The van der Waals surface area contributed by atoms with E-state index in [4.69, 9.17) is 4.74 Å². The zero-order valence-corrected chi connectivity index (χ0v) is 18.4. The molecule has 1 heterocycles. The lowest BCUT2D eigenvalue weighted by Crippen LogP contribution is -2.26. The number of nitrogens with one attached hydrogen (secondary N) is 1. The highest BCUT2D eigenvalue weighted by atomic mass is 32.1. The molecule has 0 radical (unpaired) electrons.